The Hall–Kier alpha value is -3.41. The standard InChI is InChI=1S/C21H20N4O2/c1-12-21(25-19(27)10-13-2-6-16(26)7-3-13)24-18-9-4-14-11-15(22)5-8-17(14)20(18)23-12/h2-3,5-8,11,26H,4,9-10,22H2,1H3,(H,24,25,27). The first-order valence-corrected chi connectivity index (χ1v) is 8.83. The Morgan fingerprint density at radius 2 is 1.93 bits per heavy atom. The van der Waals surface area contributed by atoms with Crippen molar-refractivity contribution in [3.05, 3.63) is 65.0 Å². The summed E-state index contributed by atoms with van der Waals surface area (Å²) in [5.74, 6) is 0.510. The van der Waals surface area contributed by atoms with Crippen LogP contribution in [0.5, 0.6) is 5.75 Å². The third kappa shape index (κ3) is 3.46. The number of fused-ring (bicyclic) bond motifs is 3. The summed E-state index contributed by atoms with van der Waals surface area (Å²) in [6.07, 6.45) is 1.83. The first-order valence-electron chi connectivity index (χ1n) is 8.83. The monoisotopic (exact) mass is 360 g/mol. The number of nitrogens with one attached hydrogen (secondary N) is 1. The number of anilines is 2. The van der Waals surface area contributed by atoms with Crippen LogP contribution in [-0.2, 0) is 24.1 Å². The molecule has 1 aromatic heterocycles. The lowest BCUT2D eigenvalue weighted by atomic mass is 9.91. The molecule has 0 saturated carbocycles. The zero-order chi connectivity index (χ0) is 19.0. The Balaban J connectivity index is 1.57. The van der Waals surface area contributed by atoms with E-state index in [-0.39, 0.29) is 18.1 Å². The van der Waals surface area contributed by atoms with Crippen molar-refractivity contribution in [1.29, 1.82) is 0 Å². The van der Waals surface area contributed by atoms with Gasteiger partial charge >= 0.3 is 0 Å². The Morgan fingerprint density at radius 3 is 2.70 bits per heavy atom. The van der Waals surface area contributed by atoms with E-state index in [0.717, 1.165) is 41.0 Å². The number of aromatic nitrogens is 2. The van der Waals surface area contributed by atoms with Gasteiger partial charge in [0.25, 0.3) is 0 Å². The van der Waals surface area contributed by atoms with Gasteiger partial charge in [-0.15, -0.1) is 0 Å². The van der Waals surface area contributed by atoms with Crippen molar-refractivity contribution in [2.45, 2.75) is 26.2 Å². The second kappa shape index (κ2) is 6.72. The molecular weight excluding hydrogens is 340 g/mol. The van der Waals surface area contributed by atoms with Gasteiger partial charge in [-0.05, 0) is 55.2 Å². The molecule has 0 unspecified atom stereocenters. The Labute approximate surface area is 157 Å². The van der Waals surface area contributed by atoms with E-state index in [1.165, 1.54) is 5.56 Å². The highest BCUT2D eigenvalue weighted by molar-refractivity contribution is 5.92. The van der Waals surface area contributed by atoms with Crippen molar-refractivity contribution in [3.63, 3.8) is 0 Å². The van der Waals surface area contributed by atoms with Crippen LogP contribution in [0, 0.1) is 6.92 Å². The molecule has 0 bridgehead atoms. The SMILES string of the molecule is Cc1nc2c(nc1NC(=O)Cc1ccc(O)cc1)CCc1cc(N)ccc1-2. The predicted molar refractivity (Wildman–Crippen MR) is 104 cm³/mol. The van der Waals surface area contributed by atoms with E-state index in [1.54, 1.807) is 24.3 Å². The number of amides is 1. The Kier molecular flexibility index (Phi) is 4.24. The van der Waals surface area contributed by atoms with Crippen LogP contribution in [0.1, 0.15) is 22.5 Å². The number of aromatic hydroxyl groups is 1. The van der Waals surface area contributed by atoms with Crippen LogP contribution < -0.4 is 11.1 Å². The molecular formula is C21H20N4O2. The van der Waals surface area contributed by atoms with Crippen molar-refractivity contribution in [3.8, 4) is 17.0 Å². The maximum Gasteiger partial charge on any atom is 0.229 e. The van der Waals surface area contributed by atoms with E-state index in [2.05, 4.69) is 10.3 Å². The molecule has 0 aliphatic heterocycles. The van der Waals surface area contributed by atoms with Crippen molar-refractivity contribution in [1.82, 2.24) is 9.97 Å². The summed E-state index contributed by atoms with van der Waals surface area (Å²) in [5, 5.41) is 12.2. The number of hydrogen-bond donors (Lipinski definition) is 3. The van der Waals surface area contributed by atoms with Crippen molar-refractivity contribution in [2.75, 3.05) is 11.1 Å². The van der Waals surface area contributed by atoms with Gasteiger partial charge in [0.1, 0.15) is 5.75 Å². The van der Waals surface area contributed by atoms with Gasteiger partial charge < -0.3 is 16.2 Å². The summed E-state index contributed by atoms with van der Waals surface area (Å²) in [7, 11) is 0. The molecule has 1 aliphatic rings. The molecule has 1 amide bonds. The molecule has 0 radical (unpaired) electrons. The Bertz CT molecular complexity index is 1030. The van der Waals surface area contributed by atoms with Gasteiger partial charge in [0.05, 0.1) is 23.5 Å². The van der Waals surface area contributed by atoms with E-state index < -0.39 is 0 Å². The topological polar surface area (TPSA) is 101 Å². The number of nitrogens with zero attached hydrogens (tertiary/aromatic N) is 2. The lowest BCUT2D eigenvalue weighted by molar-refractivity contribution is -0.115. The van der Waals surface area contributed by atoms with E-state index in [0.29, 0.717) is 11.5 Å². The molecule has 136 valence electrons. The summed E-state index contributed by atoms with van der Waals surface area (Å²) >= 11 is 0. The minimum Gasteiger partial charge on any atom is -0.508 e. The first-order chi connectivity index (χ1) is 13.0. The van der Waals surface area contributed by atoms with Crippen LogP contribution in [-0.4, -0.2) is 21.0 Å². The van der Waals surface area contributed by atoms with E-state index in [4.69, 9.17) is 10.7 Å². The van der Waals surface area contributed by atoms with Crippen molar-refractivity contribution >= 4 is 17.4 Å². The molecule has 4 N–H and O–H groups in total. The molecule has 27 heavy (non-hydrogen) atoms. The first kappa shape index (κ1) is 17.0. The third-order valence-electron chi connectivity index (χ3n) is 4.72. The molecule has 3 aromatic rings. The molecule has 0 spiro atoms. The third-order valence-corrected chi connectivity index (χ3v) is 4.72. The lowest BCUT2D eigenvalue weighted by Crippen LogP contribution is -2.19. The number of carbonyl (C=O) groups is 1. The molecule has 1 heterocycles. The van der Waals surface area contributed by atoms with Gasteiger partial charge in [0, 0.05) is 11.3 Å². The molecule has 1 aliphatic carbocycles. The van der Waals surface area contributed by atoms with Crippen LogP contribution in [0.3, 0.4) is 0 Å². The number of nitrogens with two attached hydrogens (primary N) is 1. The number of hydrogen-bond acceptors (Lipinski definition) is 5. The second-order valence-corrected chi connectivity index (χ2v) is 6.76. The van der Waals surface area contributed by atoms with Gasteiger partial charge in [-0.1, -0.05) is 18.2 Å². The highest BCUT2D eigenvalue weighted by atomic mass is 16.3. The van der Waals surface area contributed by atoms with E-state index in [1.807, 2.05) is 25.1 Å². The van der Waals surface area contributed by atoms with Crippen LogP contribution >= 0.6 is 0 Å². The molecule has 6 heteroatoms. The fourth-order valence-corrected chi connectivity index (χ4v) is 3.34. The minimum atomic E-state index is -0.165. The Morgan fingerprint density at radius 1 is 1.15 bits per heavy atom. The number of rotatable bonds is 3. The number of benzene rings is 2. The van der Waals surface area contributed by atoms with E-state index in [9.17, 15) is 9.90 Å². The van der Waals surface area contributed by atoms with Gasteiger partial charge in [0.15, 0.2) is 5.82 Å². The highest BCUT2D eigenvalue weighted by Crippen LogP contribution is 2.33. The molecule has 0 fully saturated rings. The molecule has 4 rings (SSSR count). The summed E-state index contributed by atoms with van der Waals surface area (Å²) in [4.78, 5) is 21.7. The number of phenols is 1. The maximum absolute atomic E-state index is 12.4. The normalized spacial score (nSPS) is 12.2. The van der Waals surface area contributed by atoms with Crippen LogP contribution in [0.4, 0.5) is 11.5 Å². The van der Waals surface area contributed by atoms with Gasteiger partial charge in [-0.2, -0.15) is 0 Å². The van der Waals surface area contributed by atoms with Crippen LogP contribution in [0.2, 0.25) is 0 Å². The van der Waals surface area contributed by atoms with Gasteiger partial charge in [-0.3, -0.25) is 4.79 Å². The number of nitrogen functional groups attached to an aromatic ring is 1. The summed E-state index contributed by atoms with van der Waals surface area (Å²) in [6, 6.07) is 12.4. The number of carbonyl (C=O) groups excluding carboxylic acids is 1. The lowest BCUT2D eigenvalue weighted by Gasteiger charge is -2.20. The molecule has 0 atom stereocenters. The van der Waals surface area contributed by atoms with E-state index >= 15 is 0 Å². The zero-order valence-electron chi connectivity index (χ0n) is 15.0. The van der Waals surface area contributed by atoms with Crippen molar-refractivity contribution in [2.24, 2.45) is 0 Å². The quantitative estimate of drug-likeness (QED) is 0.623. The maximum atomic E-state index is 12.4. The van der Waals surface area contributed by atoms with Crippen LogP contribution in [0.15, 0.2) is 42.5 Å². The second-order valence-electron chi connectivity index (χ2n) is 6.76. The largest absolute Gasteiger partial charge is 0.508 e. The summed E-state index contributed by atoms with van der Waals surface area (Å²) in [6.45, 7) is 1.84. The average Bonchev–Trinajstić information content (AvgIpc) is 2.64. The highest BCUT2D eigenvalue weighted by Gasteiger charge is 2.21. The average molecular weight is 360 g/mol. The molecule has 0 saturated heterocycles. The van der Waals surface area contributed by atoms with Gasteiger partial charge in [0.2, 0.25) is 5.91 Å². The van der Waals surface area contributed by atoms with Crippen molar-refractivity contribution < 1.29 is 9.90 Å². The summed E-state index contributed by atoms with van der Waals surface area (Å²) in [5.41, 5.74) is 12.1. The van der Waals surface area contributed by atoms with Gasteiger partial charge in [-0.25, -0.2) is 9.97 Å². The zero-order valence-corrected chi connectivity index (χ0v) is 15.0. The predicted octanol–water partition coefficient (Wildman–Crippen LogP) is 3.02. The minimum absolute atomic E-state index is 0.165. The molecule has 6 nitrogen and oxygen atoms in total. The molecule has 2 aromatic carbocycles. The number of aryl methyl sites for hydroxylation is 3. The summed E-state index contributed by atoms with van der Waals surface area (Å²) < 4.78 is 0. The van der Waals surface area contributed by atoms with Crippen LogP contribution in [0.25, 0.3) is 11.3 Å². The number of phenolic OH excluding ortho intramolecular Hbond substituents is 1. The fraction of sp³-hybridized carbons (Fsp3) is 0.190. The smallest absolute Gasteiger partial charge is 0.229 e. The fourth-order valence-electron chi connectivity index (χ4n) is 3.34.